The van der Waals surface area contributed by atoms with E-state index in [-0.39, 0.29) is 18.6 Å². The van der Waals surface area contributed by atoms with Gasteiger partial charge in [-0.1, -0.05) is 6.07 Å². The van der Waals surface area contributed by atoms with Gasteiger partial charge in [0.1, 0.15) is 0 Å². The van der Waals surface area contributed by atoms with Crippen LogP contribution in [0.1, 0.15) is 33.5 Å². The number of hydrogen-bond acceptors (Lipinski definition) is 3. The molecule has 114 valence electrons. The van der Waals surface area contributed by atoms with E-state index in [1.807, 2.05) is 32.9 Å². The normalized spacial score (nSPS) is 12.4. The second kappa shape index (κ2) is 6.45. The molecule has 0 aromatic carbocycles. The predicted molar refractivity (Wildman–Crippen MR) is 86.0 cm³/mol. The number of carbonyl (C=O) groups excluding carboxylic acids is 1. The lowest BCUT2D eigenvalue weighted by Gasteiger charge is -2.23. The average Bonchev–Trinajstić information content (AvgIpc) is 3.08. The lowest BCUT2D eigenvalue weighted by molar-refractivity contribution is 0.0681. The molecule has 0 aliphatic carbocycles. The van der Waals surface area contributed by atoms with E-state index >= 15 is 0 Å². The average molecular weight is 306 g/mol. The Hall–Kier alpha value is -1.59. The molecule has 1 unspecified atom stereocenters. The number of aryl methyl sites for hydroxylation is 1. The van der Waals surface area contributed by atoms with Crippen LogP contribution >= 0.6 is 11.3 Å². The van der Waals surface area contributed by atoms with Crippen LogP contribution in [0.25, 0.3) is 0 Å². The summed E-state index contributed by atoms with van der Waals surface area (Å²) >= 11 is 1.72. The monoisotopic (exact) mass is 306 g/mol. The van der Waals surface area contributed by atoms with Gasteiger partial charge in [0.15, 0.2) is 0 Å². The molecule has 4 nitrogen and oxygen atoms in total. The molecule has 2 heterocycles. The Morgan fingerprint density at radius 3 is 2.76 bits per heavy atom. The number of likely N-dealkylation sites (N-methyl/N-ethyl adjacent to an activating group) is 1. The summed E-state index contributed by atoms with van der Waals surface area (Å²) in [7, 11) is 1.73. The highest BCUT2D eigenvalue weighted by atomic mass is 32.1. The molecule has 1 atom stereocenters. The van der Waals surface area contributed by atoms with Crippen molar-refractivity contribution in [2.45, 2.75) is 33.4 Å². The molecule has 5 heteroatoms. The van der Waals surface area contributed by atoms with E-state index in [1.54, 1.807) is 23.3 Å². The first-order valence-electron chi connectivity index (χ1n) is 7.02. The molecular formula is C16H22N2O2S. The number of rotatable bonds is 5. The molecular weight excluding hydrogens is 284 g/mol. The zero-order chi connectivity index (χ0) is 15.6. The van der Waals surface area contributed by atoms with Gasteiger partial charge in [-0.05, 0) is 38.3 Å². The molecule has 0 saturated carbocycles. The van der Waals surface area contributed by atoms with Crippen LogP contribution in [0.3, 0.4) is 0 Å². The van der Waals surface area contributed by atoms with Gasteiger partial charge < -0.3 is 14.6 Å². The third-order valence-corrected chi connectivity index (χ3v) is 4.80. The molecule has 2 aromatic heterocycles. The van der Waals surface area contributed by atoms with Crippen LogP contribution < -0.4 is 0 Å². The van der Waals surface area contributed by atoms with E-state index in [0.29, 0.717) is 5.56 Å². The van der Waals surface area contributed by atoms with Gasteiger partial charge in [0.2, 0.25) is 0 Å². The number of thiophene rings is 1. The van der Waals surface area contributed by atoms with Crippen molar-refractivity contribution in [3.05, 3.63) is 45.4 Å². The molecule has 1 N–H and O–H groups in total. The standard InChI is InChI=1S/C16H22N2O2S/c1-11-8-15(16(20)17(4)12(2)10-19)13(3)18(11)9-14-6-5-7-21-14/h5-8,12,19H,9-10H2,1-4H3. The minimum atomic E-state index is -0.183. The van der Waals surface area contributed by atoms with Crippen LogP contribution in [0.2, 0.25) is 0 Å². The highest BCUT2D eigenvalue weighted by Crippen LogP contribution is 2.20. The van der Waals surface area contributed by atoms with Crippen molar-refractivity contribution >= 4 is 17.2 Å². The van der Waals surface area contributed by atoms with Crippen LogP contribution in [0.4, 0.5) is 0 Å². The van der Waals surface area contributed by atoms with E-state index in [1.165, 1.54) is 4.88 Å². The number of aromatic nitrogens is 1. The van der Waals surface area contributed by atoms with Crippen LogP contribution in [-0.4, -0.2) is 40.2 Å². The van der Waals surface area contributed by atoms with Crippen molar-refractivity contribution in [2.24, 2.45) is 0 Å². The summed E-state index contributed by atoms with van der Waals surface area (Å²) in [5.74, 6) is -0.0397. The van der Waals surface area contributed by atoms with Gasteiger partial charge in [-0.3, -0.25) is 4.79 Å². The van der Waals surface area contributed by atoms with Crippen LogP contribution in [0.15, 0.2) is 23.6 Å². The minimum Gasteiger partial charge on any atom is -0.394 e. The maximum absolute atomic E-state index is 12.5. The first kappa shape index (κ1) is 15.8. The van der Waals surface area contributed by atoms with E-state index in [4.69, 9.17) is 0 Å². The molecule has 0 bridgehead atoms. The molecule has 1 amide bonds. The first-order chi connectivity index (χ1) is 9.95. The predicted octanol–water partition coefficient (Wildman–Crippen LogP) is 2.67. The van der Waals surface area contributed by atoms with Crippen LogP contribution in [0.5, 0.6) is 0 Å². The third-order valence-electron chi connectivity index (χ3n) is 3.94. The Kier molecular flexibility index (Phi) is 4.85. The minimum absolute atomic E-state index is 0.0316. The van der Waals surface area contributed by atoms with Crippen molar-refractivity contribution in [1.82, 2.24) is 9.47 Å². The zero-order valence-electron chi connectivity index (χ0n) is 13.0. The topological polar surface area (TPSA) is 45.5 Å². The maximum atomic E-state index is 12.5. The number of hydrogen-bond donors (Lipinski definition) is 1. The summed E-state index contributed by atoms with van der Waals surface area (Å²) in [6.45, 7) is 6.60. The van der Waals surface area contributed by atoms with E-state index in [9.17, 15) is 9.90 Å². The van der Waals surface area contributed by atoms with Gasteiger partial charge >= 0.3 is 0 Å². The molecule has 0 aliphatic heterocycles. The third kappa shape index (κ3) is 3.19. The van der Waals surface area contributed by atoms with Crippen LogP contribution in [0, 0.1) is 13.8 Å². The summed E-state index contributed by atoms with van der Waals surface area (Å²) < 4.78 is 2.16. The second-order valence-corrected chi connectivity index (χ2v) is 6.43. The molecule has 0 fully saturated rings. The van der Waals surface area contributed by atoms with Gasteiger partial charge in [-0.15, -0.1) is 11.3 Å². The van der Waals surface area contributed by atoms with Crippen molar-refractivity contribution in [3.63, 3.8) is 0 Å². The summed E-state index contributed by atoms with van der Waals surface area (Å²) in [5.41, 5.74) is 2.77. The lowest BCUT2D eigenvalue weighted by Crippen LogP contribution is -2.37. The van der Waals surface area contributed by atoms with Crippen molar-refractivity contribution in [1.29, 1.82) is 0 Å². The highest BCUT2D eigenvalue weighted by molar-refractivity contribution is 7.09. The summed E-state index contributed by atoms with van der Waals surface area (Å²) in [4.78, 5) is 15.4. The molecule has 0 saturated heterocycles. The molecule has 0 spiro atoms. The number of carbonyl (C=O) groups is 1. The highest BCUT2D eigenvalue weighted by Gasteiger charge is 2.21. The van der Waals surface area contributed by atoms with Crippen LogP contribution in [-0.2, 0) is 6.54 Å². The molecule has 21 heavy (non-hydrogen) atoms. The van der Waals surface area contributed by atoms with Gasteiger partial charge in [0, 0.05) is 23.3 Å². The van der Waals surface area contributed by atoms with E-state index < -0.39 is 0 Å². The SMILES string of the molecule is Cc1cc(C(=O)N(C)C(C)CO)c(C)n1Cc1cccs1. The Balaban J connectivity index is 2.28. The fourth-order valence-corrected chi connectivity index (χ4v) is 3.02. The molecule has 0 radical (unpaired) electrons. The summed E-state index contributed by atoms with van der Waals surface area (Å²) in [6.07, 6.45) is 0. The summed E-state index contributed by atoms with van der Waals surface area (Å²) in [6, 6.07) is 5.89. The van der Waals surface area contributed by atoms with Crippen molar-refractivity contribution in [3.8, 4) is 0 Å². The lowest BCUT2D eigenvalue weighted by atomic mass is 10.2. The van der Waals surface area contributed by atoms with Gasteiger partial charge in [0.25, 0.3) is 5.91 Å². The zero-order valence-corrected chi connectivity index (χ0v) is 13.8. The van der Waals surface area contributed by atoms with Gasteiger partial charge in [-0.2, -0.15) is 0 Å². The van der Waals surface area contributed by atoms with Gasteiger partial charge in [0.05, 0.1) is 24.8 Å². The van der Waals surface area contributed by atoms with Gasteiger partial charge in [-0.25, -0.2) is 0 Å². The fraction of sp³-hybridized carbons (Fsp3) is 0.438. The summed E-state index contributed by atoms with van der Waals surface area (Å²) in [5, 5.41) is 11.3. The number of nitrogens with zero attached hydrogens (tertiary/aromatic N) is 2. The largest absolute Gasteiger partial charge is 0.394 e. The quantitative estimate of drug-likeness (QED) is 0.923. The Morgan fingerprint density at radius 2 is 2.19 bits per heavy atom. The second-order valence-electron chi connectivity index (χ2n) is 5.40. The van der Waals surface area contributed by atoms with Crippen molar-refractivity contribution in [2.75, 3.05) is 13.7 Å². The molecule has 0 aliphatic rings. The number of aliphatic hydroxyl groups is 1. The molecule has 2 aromatic rings. The molecule has 2 rings (SSSR count). The number of aliphatic hydroxyl groups excluding tert-OH is 1. The van der Waals surface area contributed by atoms with E-state index in [0.717, 1.165) is 17.9 Å². The smallest absolute Gasteiger partial charge is 0.255 e. The Labute approximate surface area is 129 Å². The maximum Gasteiger partial charge on any atom is 0.255 e. The first-order valence-corrected chi connectivity index (χ1v) is 7.90. The Morgan fingerprint density at radius 1 is 1.48 bits per heavy atom. The number of amides is 1. The van der Waals surface area contributed by atoms with Crippen molar-refractivity contribution < 1.29 is 9.90 Å². The fourth-order valence-electron chi connectivity index (χ4n) is 2.33. The van der Waals surface area contributed by atoms with E-state index in [2.05, 4.69) is 16.0 Å². The Bertz CT molecular complexity index is 617.